The van der Waals surface area contributed by atoms with Gasteiger partial charge in [-0.3, -0.25) is 14.4 Å². The smallest absolute Gasteiger partial charge is 0.408 e. The van der Waals surface area contributed by atoms with Crippen molar-refractivity contribution in [2.24, 2.45) is 5.73 Å². The Morgan fingerprint density at radius 2 is 1.51 bits per heavy atom. The molecule has 4 N–H and O–H groups in total. The van der Waals surface area contributed by atoms with Crippen LogP contribution in [0.5, 0.6) is 0 Å². The lowest BCUT2D eigenvalue weighted by Gasteiger charge is -2.37. The number of nitrogens with two attached hydrogens (primary N) is 1. The number of hydrogen-bond acceptors (Lipinski definition) is 5. The fourth-order valence-corrected chi connectivity index (χ4v) is 4.26. The van der Waals surface area contributed by atoms with Gasteiger partial charge < -0.3 is 26.0 Å². The fourth-order valence-electron chi connectivity index (χ4n) is 4.26. The molecule has 0 aliphatic rings. The van der Waals surface area contributed by atoms with E-state index >= 15 is 0 Å². The Morgan fingerprint density at radius 3 is 2.10 bits per heavy atom. The van der Waals surface area contributed by atoms with Crippen LogP contribution in [0.2, 0.25) is 0 Å². The Hall–Kier alpha value is -4.40. The molecule has 4 amide bonds. The number of anilines is 1. The van der Waals surface area contributed by atoms with Crippen LogP contribution in [0.4, 0.5) is 10.5 Å². The molecule has 0 spiro atoms. The molecule has 2 atom stereocenters. The van der Waals surface area contributed by atoms with E-state index in [1.54, 1.807) is 65.0 Å². The van der Waals surface area contributed by atoms with Crippen LogP contribution in [0.15, 0.2) is 72.8 Å². The maximum Gasteiger partial charge on any atom is 0.408 e. The third-order valence-corrected chi connectivity index (χ3v) is 5.86. The zero-order valence-corrected chi connectivity index (χ0v) is 22.9. The van der Waals surface area contributed by atoms with Crippen LogP contribution >= 0.6 is 0 Å². The number of fused-ring (bicyclic) bond motifs is 1. The number of nitrogens with zero attached hydrogens (tertiary/aromatic N) is 1. The largest absolute Gasteiger partial charge is 0.444 e. The minimum Gasteiger partial charge on any atom is -0.444 e. The number of hydrogen-bond donors (Lipinski definition) is 3. The molecule has 0 bridgehead atoms. The SMILES string of the molecule is CC(C)N(C(=O)C(CC(N)=O)NC(=O)OC(C)(C)C)C(C(=O)Nc1ccc2ccccc2c1)c1ccccc1. The van der Waals surface area contributed by atoms with Crippen molar-refractivity contribution >= 4 is 40.3 Å². The Bertz CT molecular complexity index is 1330. The number of rotatable bonds is 9. The molecule has 0 saturated carbocycles. The van der Waals surface area contributed by atoms with Gasteiger partial charge in [-0.1, -0.05) is 60.7 Å². The summed E-state index contributed by atoms with van der Waals surface area (Å²) in [5.41, 5.74) is 5.73. The van der Waals surface area contributed by atoms with E-state index in [-0.39, 0.29) is 0 Å². The summed E-state index contributed by atoms with van der Waals surface area (Å²) in [5.74, 6) is -1.88. The van der Waals surface area contributed by atoms with Crippen molar-refractivity contribution in [2.75, 3.05) is 5.32 Å². The average molecular weight is 533 g/mol. The molecule has 0 aliphatic carbocycles. The Labute approximate surface area is 228 Å². The first-order valence-electron chi connectivity index (χ1n) is 12.8. The van der Waals surface area contributed by atoms with Gasteiger partial charge in [0.15, 0.2) is 0 Å². The molecule has 3 aromatic rings. The van der Waals surface area contributed by atoms with E-state index in [2.05, 4.69) is 10.6 Å². The molecule has 3 aromatic carbocycles. The van der Waals surface area contributed by atoms with Crippen LogP contribution in [0.25, 0.3) is 10.8 Å². The summed E-state index contributed by atoms with van der Waals surface area (Å²) in [6.07, 6.45) is -1.34. The van der Waals surface area contributed by atoms with Crippen molar-refractivity contribution in [2.45, 2.75) is 64.8 Å². The van der Waals surface area contributed by atoms with Gasteiger partial charge in [-0.15, -0.1) is 0 Å². The maximum atomic E-state index is 13.9. The van der Waals surface area contributed by atoms with Gasteiger partial charge in [0.25, 0.3) is 5.91 Å². The highest BCUT2D eigenvalue weighted by molar-refractivity contribution is 6.01. The van der Waals surface area contributed by atoms with Gasteiger partial charge in [0, 0.05) is 11.7 Å². The van der Waals surface area contributed by atoms with Crippen molar-refractivity contribution in [3.63, 3.8) is 0 Å². The molecule has 0 heterocycles. The van der Waals surface area contributed by atoms with Gasteiger partial charge in [0.1, 0.15) is 17.7 Å². The van der Waals surface area contributed by atoms with Gasteiger partial charge in [-0.2, -0.15) is 0 Å². The monoisotopic (exact) mass is 532 g/mol. The molecule has 0 saturated heterocycles. The number of carbonyl (C=O) groups is 4. The molecule has 0 aliphatic heterocycles. The quantitative estimate of drug-likeness (QED) is 0.373. The number of carbonyl (C=O) groups excluding carboxylic acids is 4. The summed E-state index contributed by atoms with van der Waals surface area (Å²) >= 11 is 0. The third-order valence-electron chi connectivity index (χ3n) is 5.86. The molecule has 9 nitrogen and oxygen atoms in total. The van der Waals surface area contributed by atoms with Crippen LogP contribution in [0.3, 0.4) is 0 Å². The standard InChI is InChI=1S/C30H36N4O5/c1-19(2)34(28(37)24(18-25(31)35)33-29(38)39-30(3,4)5)26(21-12-7-6-8-13-21)27(36)32-23-16-15-20-11-9-10-14-22(20)17-23/h6-17,19,24,26H,18H2,1-5H3,(H2,31,35)(H,32,36)(H,33,38). The minimum atomic E-state index is -1.33. The number of nitrogens with one attached hydrogen (secondary N) is 2. The van der Waals surface area contributed by atoms with E-state index in [9.17, 15) is 19.2 Å². The first-order valence-corrected chi connectivity index (χ1v) is 12.8. The lowest BCUT2D eigenvalue weighted by Crippen LogP contribution is -2.55. The molecule has 39 heavy (non-hydrogen) atoms. The number of ether oxygens (including phenoxy) is 1. The number of primary amides is 1. The first kappa shape index (κ1) is 29.2. The lowest BCUT2D eigenvalue weighted by molar-refractivity contribution is -0.143. The molecular formula is C30H36N4O5. The second kappa shape index (κ2) is 12.4. The molecule has 0 fully saturated rings. The topological polar surface area (TPSA) is 131 Å². The highest BCUT2D eigenvalue weighted by atomic mass is 16.6. The van der Waals surface area contributed by atoms with Crippen LogP contribution in [0, 0.1) is 0 Å². The lowest BCUT2D eigenvalue weighted by atomic mass is 10.00. The zero-order chi connectivity index (χ0) is 28.7. The zero-order valence-electron chi connectivity index (χ0n) is 22.9. The summed E-state index contributed by atoms with van der Waals surface area (Å²) in [5, 5.41) is 7.38. The Morgan fingerprint density at radius 1 is 0.897 bits per heavy atom. The van der Waals surface area contributed by atoms with Crippen LogP contribution in [-0.4, -0.2) is 46.4 Å². The predicted octanol–water partition coefficient (Wildman–Crippen LogP) is 4.53. The van der Waals surface area contributed by atoms with Gasteiger partial charge in [0.2, 0.25) is 11.8 Å². The average Bonchev–Trinajstić information content (AvgIpc) is 2.85. The number of amides is 4. The van der Waals surface area contributed by atoms with Gasteiger partial charge >= 0.3 is 6.09 Å². The molecule has 2 unspecified atom stereocenters. The van der Waals surface area contributed by atoms with E-state index < -0.39 is 54.0 Å². The molecule has 0 aromatic heterocycles. The second-order valence-corrected chi connectivity index (χ2v) is 10.6. The van der Waals surface area contributed by atoms with Crippen molar-refractivity contribution in [1.29, 1.82) is 0 Å². The van der Waals surface area contributed by atoms with E-state index in [4.69, 9.17) is 10.5 Å². The maximum absolute atomic E-state index is 13.9. The summed E-state index contributed by atoms with van der Waals surface area (Å²) in [7, 11) is 0. The Kier molecular flexibility index (Phi) is 9.29. The van der Waals surface area contributed by atoms with Gasteiger partial charge in [0.05, 0.1) is 6.42 Å². The van der Waals surface area contributed by atoms with Gasteiger partial charge in [-0.25, -0.2) is 4.79 Å². The second-order valence-electron chi connectivity index (χ2n) is 10.6. The summed E-state index contributed by atoms with van der Waals surface area (Å²) in [4.78, 5) is 53.5. The fraction of sp³-hybridized carbons (Fsp3) is 0.333. The van der Waals surface area contributed by atoms with Crippen molar-refractivity contribution in [3.8, 4) is 0 Å². The first-order chi connectivity index (χ1) is 18.4. The van der Waals surface area contributed by atoms with Crippen LogP contribution < -0.4 is 16.4 Å². The van der Waals surface area contributed by atoms with Gasteiger partial charge in [-0.05, 0) is 63.1 Å². The number of alkyl carbamates (subject to hydrolysis) is 1. The van der Waals surface area contributed by atoms with Crippen LogP contribution in [0.1, 0.15) is 52.6 Å². The predicted molar refractivity (Wildman–Crippen MR) is 151 cm³/mol. The third kappa shape index (κ3) is 8.04. The molecule has 9 heteroatoms. The summed E-state index contributed by atoms with van der Waals surface area (Å²) < 4.78 is 5.29. The van der Waals surface area contributed by atoms with E-state index in [1.165, 1.54) is 4.90 Å². The summed E-state index contributed by atoms with van der Waals surface area (Å²) in [6.45, 7) is 8.55. The van der Waals surface area contributed by atoms with E-state index in [0.29, 0.717) is 11.3 Å². The minimum absolute atomic E-state index is 0.450. The van der Waals surface area contributed by atoms with Crippen molar-refractivity contribution in [1.82, 2.24) is 10.2 Å². The highest BCUT2D eigenvalue weighted by Crippen LogP contribution is 2.28. The van der Waals surface area contributed by atoms with Crippen molar-refractivity contribution < 1.29 is 23.9 Å². The molecule has 0 radical (unpaired) electrons. The normalized spacial score (nSPS) is 12.9. The summed E-state index contributed by atoms with van der Waals surface area (Å²) in [6, 6.07) is 19.3. The van der Waals surface area contributed by atoms with Crippen molar-refractivity contribution in [3.05, 3.63) is 78.4 Å². The molecular weight excluding hydrogens is 496 g/mol. The van der Waals surface area contributed by atoms with E-state index in [1.807, 2.05) is 42.5 Å². The Balaban J connectivity index is 1.98. The molecule has 206 valence electrons. The molecule has 3 rings (SSSR count). The van der Waals surface area contributed by atoms with Crippen LogP contribution in [-0.2, 0) is 19.1 Å². The van der Waals surface area contributed by atoms with E-state index in [0.717, 1.165) is 10.8 Å². The number of benzene rings is 3. The highest BCUT2D eigenvalue weighted by Gasteiger charge is 2.38.